The Kier molecular flexibility index (Phi) is 5.98. The molecule has 0 saturated heterocycles. The third-order valence-electron chi connectivity index (χ3n) is 2.91. The fraction of sp³-hybridized carbons (Fsp3) is 0.538. The van der Waals surface area contributed by atoms with Crippen LogP contribution < -0.4 is 16.8 Å². The lowest BCUT2D eigenvalue weighted by molar-refractivity contribution is -0.119. The molecule has 0 aliphatic carbocycles. The molecule has 2 unspecified atom stereocenters. The van der Waals surface area contributed by atoms with E-state index < -0.39 is 5.91 Å². The van der Waals surface area contributed by atoms with Gasteiger partial charge in [0.1, 0.15) is 5.00 Å². The van der Waals surface area contributed by atoms with Crippen LogP contribution in [0.3, 0.4) is 0 Å². The van der Waals surface area contributed by atoms with E-state index in [9.17, 15) is 9.59 Å². The van der Waals surface area contributed by atoms with Gasteiger partial charge in [-0.25, -0.2) is 0 Å². The van der Waals surface area contributed by atoms with Gasteiger partial charge in [-0.2, -0.15) is 0 Å². The molecule has 5 N–H and O–H groups in total. The summed E-state index contributed by atoms with van der Waals surface area (Å²) in [5.74, 6) is -0.725. The van der Waals surface area contributed by atoms with Crippen molar-refractivity contribution in [3.8, 4) is 0 Å². The highest BCUT2D eigenvalue weighted by Crippen LogP contribution is 2.23. The normalized spacial score (nSPS) is 13.8. The van der Waals surface area contributed by atoms with Crippen LogP contribution in [0.2, 0.25) is 0 Å². The second-order valence-corrected chi connectivity index (χ2v) is 5.74. The smallest absolute Gasteiger partial charge is 0.251 e. The molecular formula is C13H21N3O2S. The highest BCUT2D eigenvalue weighted by molar-refractivity contribution is 7.14. The van der Waals surface area contributed by atoms with Crippen LogP contribution in [0.15, 0.2) is 11.4 Å². The minimum absolute atomic E-state index is 0.0883. The summed E-state index contributed by atoms with van der Waals surface area (Å²) in [5, 5.41) is 5.01. The van der Waals surface area contributed by atoms with Crippen molar-refractivity contribution in [2.75, 3.05) is 5.32 Å². The molecule has 5 nitrogen and oxygen atoms in total. The summed E-state index contributed by atoms with van der Waals surface area (Å²) in [5.41, 5.74) is 11.3. The van der Waals surface area contributed by atoms with Gasteiger partial charge in [-0.1, -0.05) is 13.3 Å². The third-order valence-corrected chi connectivity index (χ3v) is 3.74. The second kappa shape index (κ2) is 7.25. The van der Waals surface area contributed by atoms with Crippen LogP contribution in [0.5, 0.6) is 0 Å². The molecule has 6 heteroatoms. The number of hydrogen-bond donors (Lipinski definition) is 3. The van der Waals surface area contributed by atoms with Crippen LogP contribution in [0.1, 0.15) is 43.5 Å². The lowest BCUT2D eigenvalue weighted by Crippen LogP contribution is -2.22. The number of anilines is 1. The van der Waals surface area contributed by atoms with Crippen molar-refractivity contribution in [2.45, 2.75) is 39.2 Å². The molecule has 0 saturated carbocycles. The largest absolute Gasteiger partial charge is 0.366 e. The van der Waals surface area contributed by atoms with Crippen molar-refractivity contribution in [1.82, 2.24) is 0 Å². The molecule has 1 heterocycles. The number of hydrogen-bond acceptors (Lipinski definition) is 4. The molecule has 19 heavy (non-hydrogen) atoms. The Morgan fingerprint density at radius 2 is 2.05 bits per heavy atom. The minimum Gasteiger partial charge on any atom is -0.366 e. The number of nitrogens with two attached hydrogens (primary N) is 2. The van der Waals surface area contributed by atoms with E-state index in [0.717, 1.165) is 19.3 Å². The Bertz CT molecular complexity index is 443. The maximum atomic E-state index is 12.0. The molecule has 2 amide bonds. The monoisotopic (exact) mass is 283 g/mol. The lowest BCUT2D eigenvalue weighted by atomic mass is 10.0. The van der Waals surface area contributed by atoms with E-state index in [1.54, 1.807) is 11.4 Å². The van der Waals surface area contributed by atoms with Gasteiger partial charge in [-0.05, 0) is 31.2 Å². The zero-order chi connectivity index (χ0) is 14.4. The molecule has 0 fully saturated rings. The van der Waals surface area contributed by atoms with E-state index >= 15 is 0 Å². The molecule has 1 aromatic heterocycles. The topological polar surface area (TPSA) is 98.2 Å². The van der Waals surface area contributed by atoms with Gasteiger partial charge < -0.3 is 16.8 Å². The van der Waals surface area contributed by atoms with Gasteiger partial charge in [0.05, 0.1) is 5.56 Å². The number of carbonyl (C=O) groups excluding carboxylic acids is 2. The molecule has 0 radical (unpaired) electrons. The van der Waals surface area contributed by atoms with E-state index in [1.165, 1.54) is 11.3 Å². The number of carbonyl (C=O) groups is 2. The summed E-state index contributed by atoms with van der Waals surface area (Å²) in [7, 11) is 0. The molecule has 0 aliphatic rings. The Balaban J connectivity index is 2.49. The fourth-order valence-corrected chi connectivity index (χ4v) is 2.51. The summed E-state index contributed by atoms with van der Waals surface area (Å²) in [6.07, 6.45) is 2.60. The highest BCUT2D eigenvalue weighted by Gasteiger charge is 2.17. The molecule has 0 bridgehead atoms. The van der Waals surface area contributed by atoms with Gasteiger partial charge in [-0.3, -0.25) is 9.59 Å². The summed E-state index contributed by atoms with van der Waals surface area (Å²) in [6.45, 7) is 3.82. The van der Waals surface area contributed by atoms with E-state index in [1.807, 2.05) is 13.8 Å². The molecule has 1 rings (SSSR count). The van der Waals surface area contributed by atoms with Crippen molar-refractivity contribution >= 4 is 28.2 Å². The lowest BCUT2D eigenvalue weighted by Gasteiger charge is -2.12. The van der Waals surface area contributed by atoms with Gasteiger partial charge in [-0.15, -0.1) is 11.3 Å². The zero-order valence-electron chi connectivity index (χ0n) is 11.3. The van der Waals surface area contributed by atoms with Crippen molar-refractivity contribution < 1.29 is 9.59 Å². The van der Waals surface area contributed by atoms with Crippen LogP contribution >= 0.6 is 11.3 Å². The Hall–Kier alpha value is -1.40. The molecule has 2 atom stereocenters. The molecular weight excluding hydrogens is 262 g/mol. The summed E-state index contributed by atoms with van der Waals surface area (Å²) in [4.78, 5) is 23.1. The van der Waals surface area contributed by atoms with Crippen molar-refractivity contribution in [3.63, 3.8) is 0 Å². The van der Waals surface area contributed by atoms with Gasteiger partial charge in [0.2, 0.25) is 5.91 Å². The maximum absolute atomic E-state index is 12.0. The minimum atomic E-state index is -0.527. The first-order chi connectivity index (χ1) is 8.91. The van der Waals surface area contributed by atoms with Crippen LogP contribution in [0.25, 0.3) is 0 Å². The van der Waals surface area contributed by atoms with Crippen molar-refractivity contribution in [3.05, 3.63) is 17.0 Å². The Morgan fingerprint density at radius 1 is 1.37 bits per heavy atom. The average Bonchev–Trinajstić information content (AvgIpc) is 2.76. The number of rotatable bonds is 7. The molecule has 0 aliphatic heterocycles. The summed E-state index contributed by atoms with van der Waals surface area (Å²) < 4.78 is 0. The summed E-state index contributed by atoms with van der Waals surface area (Å²) >= 11 is 1.30. The third kappa shape index (κ3) is 5.00. The van der Waals surface area contributed by atoms with Gasteiger partial charge in [0.15, 0.2) is 0 Å². The van der Waals surface area contributed by atoms with E-state index in [0.29, 0.717) is 10.6 Å². The first-order valence-electron chi connectivity index (χ1n) is 6.35. The average molecular weight is 283 g/mol. The van der Waals surface area contributed by atoms with Crippen LogP contribution in [-0.2, 0) is 4.79 Å². The summed E-state index contributed by atoms with van der Waals surface area (Å²) in [6, 6.07) is 1.78. The quantitative estimate of drug-likeness (QED) is 0.713. The molecule has 0 spiro atoms. The van der Waals surface area contributed by atoms with Crippen LogP contribution in [0.4, 0.5) is 5.00 Å². The van der Waals surface area contributed by atoms with Gasteiger partial charge in [0.25, 0.3) is 5.91 Å². The maximum Gasteiger partial charge on any atom is 0.251 e. The zero-order valence-corrected chi connectivity index (χ0v) is 12.1. The molecule has 0 aromatic carbocycles. The SMILES string of the molecule is CC(N)CCCC(C)C(=O)Nc1sccc1C(N)=O. The first kappa shape index (κ1) is 15.7. The Morgan fingerprint density at radius 3 is 2.63 bits per heavy atom. The van der Waals surface area contributed by atoms with E-state index in [2.05, 4.69) is 5.32 Å². The van der Waals surface area contributed by atoms with Crippen molar-refractivity contribution in [1.29, 1.82) is 0 Å². The predicted molar refractivity (Wildman–Crippen MR) is 78.1 cm³/mol. The second-order valence-electron chi connectivity index (χ2n) is 4.83. The van der Waals surface area contributed by atoms with E-state index in [4.69, 9.17) is 11.5 Å². The van der Waals surface area contributed by atoms with Crippen molar-refractivity contribution in [2.24, 2.45) is 17.4 Å². The van der Waals surface area contributed by atoms with E-state index in [-0.39, 0.29) is 17.9 Å². The number of thiophene rings is 1. The standard InChI is InChI=1S/C13H21N3O2S/c1-8(4-3-5-9(2)14)12(18)16-13-10(11(15)17)6-7-19-13/h6-9H,3-5,14H2,1-2H3,(H2,15,17)(H,16,18). The predicted octanol–water partition coefficient (Wildman–Crippen LogP) is 1.94. The van der Waals surface area contributed by atoms with Crippen LogP contribution in [-0.4, -0.2) is 17.9 Å². The van der Waals surface area contributed by atoms with Gasteiger partial charge >= 0.3 is 0 Å². The number of amides is 2. The fourth-order valence-electron chi connectivity index (χ4n) is 1.71. The molecule has 106 valence electrons. The highest BCUT2D eigenvalue weighted by atomic mass is 32.1. The van der Waals surface area contributed by atoms with Gasteiger partial charge in [0, 0.05) is 12.0 Å². The first-order valence-corrected chi connectivity index (χ1v) is 7.23. The Labute approximate surface area is 117 Å². The molecule has 1 aromatic rings. The van der Waals surface area contributed by atoms with Crippen LogP contribution in [0, 0.1) is 5.92 Å². The number of primary amides is 1. The number of nitrogens with one attached hydrogen (secondary N) is 1.